The number of nitrogens with zero attached hydrogens (tertiary/aromatic N) is 2. The molecule has 6 heteroatoms. The van der Waals surface area contributed by atoms with Gasteiger partial charge in [0.1, 0.15) is 0 Å². The molecule has 0 rings (SSSR count). The Labute approximate surface area is 116 Å². The van der Waals surface area contributed by atoms with Crippen molar-refractivity contribution in [2.75, 3.05) is 0 Å². The zero-order chi connectivity index (χ0) is 15.3. The highest BCUT2D eigenvalue weighted by Gasteiger charge is 2.51. The van der Waals surface area contributed by atoms with E-state index in [4.69, 9.17) is 14.4 Å². The second kappa shape index (κ2) is 6.80. The maximum atomic E-state index is 11.6. The largest absolute Gasteiger partial charge is 0.485 e. The predicted molar refractivity (Wildman–Crippen MR) is 77.1 cm³/mol. The summed E-state index contributed by atoms with van der Waals surface area (Å²) in [6, 6.07) is 0. The number of hydrogen-bond donors (Lipinski definition) is 0. The minimum Gasteiger partial charge on any atom is -0.485 e. The minimum atomic E-state index is -2.83. The lowest BCUT2D eigenvalue weighted by Crippen LogP contribution is -2.54. The molecule has 0 fully saturated rings. The molecule has 108 valence electrons. The first-order chi connectivity index (χ1) is 8.61. The molecule has 0 heterocycles. The van der Waals surface area contributed by atoms with Gasteiger partial charge in [-0.25, -0.2) is 4.79 Å². The average Bonchev–Trinajstić information content (AvgIpc) is 2.27. The van der Waals surface area contributed by atoms with Crippen molar-refractivity contribution in [1.82, 2.24) is 0 Å². The zero-order valence-corrected chi connectivity index (χ0v) is 13.6. The van der Waals surface area contributed by atoms with Crippen molar-refractivity contribution < 1.29 is 18.4 Å². The van der Waals surface area contributed by atoms with Gasteiger partial charge in [-0.05, 0) is 13.8 Å². The molecule has 0 aliphatic rings. The molecule has 0 aromatic rings. The van der Waals surface area contributed by atoms with E-state index < -0.39 is 20.1 Å². The first-order valence-electron chi connectivity index (χ1n) is 6.35. The van der Waals surface area contributed by atoms with Crippen molar-refractivity contribution in [1.29, 1.82) is 0 Å². The van der Waals surface area contributed by atoms with Gasteiger partial charge >= 0.3 is 20.7 Å². The van der Waals surface area contributed by atoms with Gasteiger partial charge in [-0.3, -0.25) is 0 Å². The van der Waals surface area contributed by atoms with Crippen LogP contribution in [0.1, 0.15) is 41.5 Å². The lowest BCUT2D eigenvalue weighted by Gasteiger charge is -2.41. The van der Waals surface area contributed by atoms with Crippen LogP contribution in [-0.2, 0) is 13.6 Å². The van der Waals surface area contributed by atoms with Gasteiger partial charge in [0.2, 0.25) is 0 Å². The van der Waals surface area contributed by atoms with E-state index in [0.717, 1.165) is 6.21 Å². The van der Waals surface area contributed by atoms with Gasteiger partial charge in [-0.2, -0.15) is 4.79 Å². The van der Waals surface area contributed by atoms with Crippen molar-refractivity contribution in [2.45, 2.75) is 58.2 Å². The second-order valence-corrected chi connectivity index (χ2v) is 9.77. The molecule has 0 atom stereocenters. The molecule has 0 aromatic heterocycles. The van der Waals surface area contributed by atoms with Crippen LogP contribution in [0, 0.1) is 0 Å². The molecule has 0 unspecified atom stereocenters. The molecule has 0 amide bonds. The van der Waals surface area contributed by atoms with Crippen LogP contribution in [0.4, 0.5) is 0 Å². The highest BCUT2D eigenvalue weighted by Crippen LogP contribution is 2.38. The third kappa shape index (κ3) is 4.74. The summed E-state index contributed by atoms with van der Waals surface area (Å²) >= 11 is 0. The van der Waals surface area contributed by atoms with E-state index in [1.807, 2.05) is 41.5 Å². The second-order valence-electron chi connectivity index (χ2n) is 5.61. The topological polar surface area (TPSA) is 71.9 Å². The first-order valence-corrected chi connectivity index (χ1v) is 8.32. The third-order valence-corrected chi connectivity index (χ3v) is 7.53. The Bertz CT molecular complexity index is 377. The van der Waals surface area contributed by atoms with E-state index in [0.29, 0.717) is 0 Å². The van der Waals surface area contributed by atoms with Crippen molar-refractivity contribution in [3.8, 4) is 0 Å². The standard InChI is InChI=1S/C13H24N2O3Si/c1-8-13(6,7)18-19(10(2)3,11(4)5)17-12(16)9-15-14/h8-11H,1H2,2-7H3. The Hall–Kier alpha value is -1.23. The molecule has 0 saturated carbocycles. The maximum Gasteiger partial charge on any atom is 0.407 e. The zero-order valence-electron chi connectivity index (χ0n) is 12.6. The average molecular weight is 284 g/mol. The first kappa shape index (κ1) is 17.8. The quantitative estimate of drug-likeness (QED) is 0.237. The molecule has 0 aromatic carbocycles. The van der Waals surface area contributed by atoms with Crippen molar-refractivity contribution in [3.63, 3.8) is 0 Å². The Morgan fingerprint density at radius 3 is 2.11 bits per heavy atom. The van der Waals surface area contributed by atoms with Crippen LogP contribution in [0.2, 0.25) is 11.1 Å². The molecule has 0 radical (unpaired) electrons. The number of hydrogen-bond acceptors (Lipinski definition) is 3. The lowest BCUT2D eigenvalue weighted by atomic mass is 10.1. The summed E-state index contributed by atoms with van der Waals surface area (Å²) in [7, 11) is -2.83. The van der Waals surface area contributed by atoms with Crippen LogP contribution >= 0.6 is 0 Å². The lowest BCUT2D eigenvalue weighted by molar-refractivity contribution is -0.133. The summed E-state index contributed by atoms with van der Waals surface area (Å²) in [5, 5.41) is 0. The van der Waals surface area contributed by atoms with Crippen LogP contribution in [0.3, 0.4) is 0 Å². The van der Waals surface area contributed by atoms with Gasteiger partial charge in [-0.15, -0.1) is 6.58 Å². The summed E-state index contributed by atoms with van der Waals surface area (Å²) in [4.78, 5) is 14.3. The van der Waals surface area contributed by atoms with Gasteiger partial charge in [0.15, 0.2) is 0 Å². The van der Waals surface area contributed by atoms with Gasteiger partial charge in [0.05, 0.1) is 5.60 Å². The van der Waals surface area contributed by atoms with E-state index in [9.17, 15) is 4.79 Å². The van der Waals surface area contributed by atoms with E-state index in [1.54, 1.807) is 6.08 Å². The van der Waals surface area contributed by atoms with Crippen molar-refractivity contribution >= 4 is 20.7 Å². The smallest absolute Gasteiger partial charge is 0.407 e. The molecule has 5 nitrogen and oxygen atoms in total. The SMILES string of the molecule is C=CC(C)(C)O[Si](OC(=O)C=[N+]=[N-])(C(C)C)C(C)C. The fourth-order valence-corrected chi connectivity index (χ4v) is 5.43. The molecule has 0 aliphatic carbocycles. The van der Waals surface area contributed by atoms with Crippen molar-refractivity contribution in [2.24, 2.45) is 0 Å². The molecule has 0 bridgehead atoms. The van der Waals surface area contributed by atoms with Crippen LogP contribution in [0.25, 0.3) is 5.53 Å². The summed E-state index contributed by atoms with van der Waals surface area (Å²) < 4.78 is 11.7. The third-order valence-electron chi connectivity index (χ3n) is 2.95. The molecule has 0 N–H and O–H groups in total. The Kier molecular flexibility index (Phi) is 6.35. The monoisotopic (exact) mass is 284 g/mol. The van der Waals surface area contributed by atoms with Crippen LogP contribution in [0.5, 0.6) is 0 Å². The molecule has 0 spiro atoms. The minimum absolute atomic E-state index is 0.0581. The Morgan fingerprint density at radius 1 is 1.32 bits per heavy atom. The van der Waals surface area contributed by atoms with E-state index in [1.165, 1.54) is 0 Å². The van der Waals surface area contributed by atoms with Crippen molar-refractivity contribution in [3.05, 3.63) is 18.2 Å². The number of rotatable bonds is 7. The summed E-state index contributed by atoms with van der Waals surface area (Å²) in [5.74, 6) is -0.684. The maximum absolute atomic E-state index is 11.6. The molecular formula is C13H24N2O3Si. The van der Waals surface area contributed by atoms with E-state index in [2.05, 4.69) is 11.4 Å². The fraction of sp³-hybridized carbons (Fsp3) is 0.692. The fourth-order valence-electron chi connectivity index (χ4n) is 1.84. The predicted octanol–water partition coefficient (Wildman–Crippen LogP) is 3.07. The Morgan fingerprint density at radius 2 is 1.79 bits per heavy atom. The molecule has 0 aliphatic heterocycles. The highest BCUT2D eigenvalue weighted by molar-refractivity contribution is 6.72. The van der Waals surface area contributed by atoms with Crippen LogP contribution in [-0.4, -0.2) is 31.1 Å². The summed E-state index contributed by atoms with van der Waals surface area (Å²) in [5.41, 5.74) is 7.95. The van der Waals surface area contributed by atoms with Crippen LogP contribution in [0.15, 0.2) is 12.7 Å². The van der Waals surface area contributed by atoms with Gasteiger partial charge in [-0.1, -0.05) is 33.8 Å². The van der Waals surface area contributed by atoms with Crippen LogP contribution < -0.4 is 0 Å². The molecular weight excluding hydrogens is 260 g/mol. The molecule has 0 saturated heterocycles. The normalized spacial score (nSPS) is 12.2. The van der Waals surface area contributed by atoms with Gasteiger partial charge in [0, 0.05) is 11.1 Å². The number of carbonyl (C=O) groups is 1. The summed E-state index contributed by atoms with van der Waals surface area (Å²) in [6.07, 6.45) is 2.43. The number of carbonyl (C=O) groups excluding carboxylic acids is 1. The van der Waals surface area contributed by atoms with Gasteiger partial charge in [0.25, 0.3) is 0 Å². The Balaban J connectivity index is 5.49. The van der Waals surface area contributed by atoms with E-state index in [-0.39, 0.29) is 11.1 Å². The van der Waals surface area contributed by atoms with Gasteiger partial charge < -0.3 is 14.4 Å². The molecule has 19 heavy (non-hydrogen) atoms. The van der Waals surface area contributed by atoms with E-state index >= 15 is 0 Å². The summed E-state index contributed by atoms with van der Waals surface area (Å²) in [6.45, 7) is 15.4. The highest BCUT2D eigenvalue weighted by atomic mass is 28.4.